The summed E-state index contributed by atoms with van der Waals surface area (Å²) in [6, 6.07) is 7.16. The molecular weight excluding hydrogens is 230 g/mol. The second-order valence-corrected chi connectivity index (χ2v) is 4.97. The normalized spacial score (nSPS) is 10.8. The average molecular weight is 249 g/mol. The second-order valence-electron chi connectivity index (χ2n) is 4.97. The number of carbonyl (C=O) groups excluding carboxylic acids is 1. The van der Waals surface area contributed by atoms with E-state index >= 15 is 0 Å². The molecule has 0 aliphatic carbocycles. The van der Waals surface area contributed by atoms with Gasteiger partial charge in [-0.05, 0) is 32.4 Å². The Morgan fingerprint density at radius 1 is 1.44 bits per heavy atom. The molecule has 4 N–H and O–H groups in total. The van der Waals surface area contributed by atoms with Crippen LogP contribution in [-0.2, 0) is 11.3 Å². The molecule has 0 spiro atoms. The lowest BCUT2D eigenvalue weighted by molar-refractivity contribution is 0.0523. The highest BCUT2D eigenvalue weighted by atomic mass is 16.6. The van der Waals surface area contributed by atoms with E-state index in [1.54, 1.807) is 18.2 Å². The van der Waals surface area contributed by atoms with Crippen LogP contribution in [0.4, 0.5) is 4.79 Å². The van der Waals surface area contributed by atoms with Crippen molar-refractivity contribution in [2.45, 2.75) is 32.9 Å². The van der Waals surface area contributed by atoms with Gasteiger partial charge in [0.15, 0.2) is 0 Å². The molecule has 1 amide bonds. The van der Waals surface area contributed by atoms with Crippen molar-refractivity contribution in [3.63, 3.8) is 0 Å². The van der Waals surface area contributed by atoms with E-state index in [1.807, 2.05) is 26.8 Å². The van der Waals surface area contributed by atoms with Crippen molar-refractivity contribution in [2.75, 3.05) is 0 Å². The van der Waals surface area contributed by atoms with Crippen LogP contribution in [0.3, 0.4) is 0 Å². The van der Waals surface area contributed by atoms with Crippen LogP contribution >= 0.6 is 0 Å². The lowest BCUT2D eigenvalue weighted by Gasteiger charge is -2.19. The SMILES string of the molecule is CC(C)(C)OC(=O)NCc1cccc(C(=N)N)c1. The lowest BCUT2D eigenvalue weighted by atomic mass is 10.1. The Labute approximate surface area is 107 Å². The number of hydrogen-bond donors (Lipinski definition) is 3. The summed E-state index contributed by atoms with van der Waals surface area (Å²) >= 11 is 0. The first-order valence-corrected chi connectivity index (χ1v) is 5.68. The van der Waals surface area contributed by atoms with E-state index in [1.165, 1.54) is 0 Å². The van der Waals surface area contributed by atoms with E-state index in [4.69, 9.17) is 15.9 Å². The Morgan fingerprint density at radius 3 is 2.67 bits per heavy atom. The zero-order valence-corrected chi connectivity index (χ0v) is 10.9. The zero-order valence-electron chi connectivity index (χ0n) is 10.9. The first-order chi connectivity index (χ1) is 8.28. The summed E-state index contributed by atoms with van der Waals surface area (Å²) in [4.78, 5) is 11.5. The molecule has 0 fully saturated rings. The van der Waals surface area contributed by atoms with E-state index in [2.05, 4.69) is 5.32 Å². The van der Waals surface area contributed by atoms with Gasteiger partial charge in [-0.25, -0.2) is 4.79 Å². The Bertz CT molecular complexity index is 450. The molecule has 5 heteroatoms. The molecule has 0 bridgehead atoms. The second kappa shape index (κ2) is 5.53. The summed E-state index contributed by atoms with van der Waals surface area (Å²) in [5.74, 6) is 0.00844. The summed E-state index contributed by atoms with van der Waals surface area (Å²) in [7, 11) is 0. The fraction of sp³-hybridized carbons (Fsp3) is 0.385. The molecule has 0 heterocycles. The van der Waals surface area contributed by atoms with Crippen LogP contribution in [0.5, 0.6) is 0 Å². The molecule has 1 aromatic carbocycles. The first-order valence-electron chi connectivity index (χ1n) is 5.68. The van der Waals surface area contributed by atoms with Crippen LogP contribution in [0.2, 0.25) is 0 Å². The minimum Gasteiger partial charge on any atom is -0.444 e. The number of nitrogens with two attached hydrogens (primary N) is 1. The summed E-state index contributed by atoms with van der Waals surface area (Å²) in [6.45, 7) is 5.77. The smallest absolute Gasteiger partial charge is 0.407 e. The number of benzene rings is 1. The minimum absolute atomic E-state index is 0.00844. The monoisotopic (exact) mass is 249 g/mol. The van der Waals surface area contributed by atoms with Crippen molar-refractivity contribution < 1.29 is 9.53 Å². The summed E-state index contributed by atoms with van der Waals surface area (Å²) in [5.41, 5.74) is 6.39. The Morgan fingerprint density at radius 2 is 2.11 bits per heavy atom. The Balaban J connectivity index is 2.56. The number of carbonyl (C=O) groups is 1. The van der Waals surface area contributed by atoms with Crippen molar-refractivity contribution in [3.05, 3.63) is 35.4 Å². The highest BCUT2D eigenvalue weighted by Gasteiger charge is 2.15. The van der Waals surface area contributed by atoms with Crippen LogP contribution in [0.1, 0.15) is 31.9 Å². The number of amides is 1. The number of alkyl carbamates (subject to hydrolysis) is 1. The predicted octanol–water partition coefficient (Wildman–Crippen LogP) is 2.00. The van der Waals surface area contributed by atoms with Crippen molar-refractivity contribution >= 4 is 11.9 Å². The third-order valence-corrected chi connectivity index (χ3v) is 2.07. The van der Waals surface area contributed by atoms with Crippen molar-refractivity contribution in [2.24, 2.45) is 5.73 Å². The fourth-order valence-corrected chi connectivity index (χ4v) is 1.34. The molecule has 18 heavy (non-hydrogen) atoms. The third-order valence-electron chi connectivity index (χ3n) is 2.07. The van der Waals surface area contributed by atoms with Gasteiger partial charge in [0.1, 0.15) is 11.4 Å². The van der Waals surface area contributed by atoms with Crippen LogP contribution in [0.25, 0.3) is 0 Å². The van der Waals surface area contributed by atoms with Gasteiger partial charge >= 0.3 is 6.09 Å². The molecule has 0 aliphatic rings. The van der Waals surface area contributed by atoms with Crippen LogP contribution < -0.4 is 11.1 Å². The van der Waals surface area contributed by atoms with Gasteiger partial charge < -0.3 is 15.8 Å². The van der Waals surface area contributed by atoms with Gasteiger partial charge in [-0.3, -0.25) is 5.41 Å². The number of ether oxygens (including phenoxy) is 1. The molecule has 0 aromatic heterocycles. The molecule has 0 radical (unpaired) electrons. The third kappa shape index (κ3) is 4.86. The van der Waals surface area contributed by atoms with Gasteiger partial charge in [-0.15, -0.1) is 0 Å². The van der Waals surface area contributed by atoms with Gasteiger partial charge in [0, 0.05) is 12.1 Å². The molecule has 5 nitrogen and oxygen atoms in total. The largest absolute Gasteiger partial charge is 0.444 e. The zero-order chi connectivity index (χ0) is 13.8. The van der Waals surface area contributed by atoms with Crippen molar-refractivity contribution in [1.29, 1.82) is 5.41 Å². The highest BCUT2D eigenvalue weighted by molar-refractivity contribution is 5.95. The van der Waals surface area contributed by atoms with Crippen molar-refractivity contribution in [3.8, 4) is 0 Å². The number of amidine groups is 1. The van der Waals surface area contributed by atoms with E-state index < -0.39 is 11.7 Å². The molecule has 0 saturated heterocycles. The predicted molar refractivity (Wildman–Crippen MR) is 70.5 cm³/mol. The number of rotatable bonds is 3. The van der Waals surface area contributed by atoms with Crippen LogP contribution in [0, 0.1) is 5.41 Å². The standard InChI is InChI=1S/C13H19N3O2/c1-13(2,3)18-12(17)16-8-9-5-4-6-10(7-9)11(14)15/h4-7H,8H2,1-3H3,(H3,14,15)(H,16,17). The first kappa shape index (κ1) is 14.0. The molecule has 1 rings (SSSR count). The van der Waals surface area contributed by atoms with Crippen molar-refractivity contribution in [1.82, 2.24) is 5.32 Å². The fourth-order valence-electron chi connectivity index (χ4n) is 1.34. The maximum atomic E-state index is 11.5. The van der Waals surface area contributed by atoms with E-state index in [0.717, 1.165) is 5.56 Å². The topological polar surface area (TPSA) is 88.2 Å². The van der Waals surface area contributed by atoms with E-state index in [9.17, 15) is 4.79 Å². The van der Waals surface area contributed by atoms with Gasteiger partial charge in [0.2, 0.25) is 0 Å². The Kier molecular flexibility index (Phi) is 4.31. The molecule has 0 atom stereocenters. The minimum atomic E-state index is -0.509. The molecule has 98 valence electrons. The van der Waals surface area contributed by atoms with Gasteiger partial charge in [0.25, 0.3) is 0 Å². The van der Waals surface area contributed by atoms with Crippen LogP contribution in [0.15, 0.2) is 24.3 Å². The molecule has 0 saturated carbocycles. The summed E-state index contributed by atoms with van der Waals surface area (Å²) in [5, 5.41) is 9.98. The van der Waals surface area contributed by atoms with E-state index in [0.29, 0.717) is 12.1 Å². The average Bonchev–Trinajstić information content (AvgIpc) is 2.24. The van der Waals surface area contributed by atoms with Gasteiger partial charge in [0.05, 0.1) is 0 Å². The Hall–Kier alpha value is -2.04. The molecular formula is C13H19N3O2. The number of hydrogen-bond acceptors (Lipinski definition) is 3. The number of nitrogens with one attached hydrogen (secondary N) is 2. The molecule has 0 unspecified atom stereocenters. The lowest BCUT2D eigenvalue weighted by Crippen LogP contribution is -2.32. The number of nitrogen functional groups attached to an aromatic ring is 1. The van der Waals surface area contributed by atoms with Gasteiger partial charge in [-0.2, -0.15) is 0 Å². The quantitative estimate of drug-likeness (QED) is 0.565. The summed E-state index contributed by atoms with van der Waals surface area (Å²) < 4.78 is 5.12. The summed E-state index contributed by atoms with van der Waals surface area (Å²) in [6.07, 6.45) is -0.462. The maximum absolute atomic E-state index is 11.5. The van der Waals surface area contributed by atoms with Crippen LogP contribution in [-0.4, -0.2) is 17.5 Å². The maximum Gasteiger partial charge on any atom is 0.407 e. The molecule has 1 aromatic rings. The highest BCUT2D eigenvalue weighted by Crippen LogP contribution is 2.08. The molecule has 0 aliphatic heterocycles. The van der Waals surface area contributed by atoms with Gasteiger partial charge in [-0.1, -0.05) is 18.2 Å². The van der Waals surface area contributed by atoms with E-state index in [-0.39, 0.29) is 5.84 Å².